The fourth-order valence-electron chi connectivity index (χ4n) is 3.18. The third-order valence-corrected chi connectivity index (χ3v) is 5.16. The molecule has 0 aliphatic rings. The van der Waals surface area contributed by atoms with Gasteiger partial charge >= 0.3 is 0 Å². The molecule has 0 aliphatic heterocycles. The number of hydrogen-bond acceptors (Lipinski definition) is 4. The average molecular weight is 455 g/mol. The van der Waals surface area contributed by atoms with Gasteiger partial charge in [0.15, 0.2) is 0 Å². The predicted molar refractivity (Wildman–Crippen MR) is 121 cm³/mol. The molecule has 1 N–H and O–H groups in total. The van der Waals surface area contributed by atoms with E-state index >= 15 is 0 Å². The molecule has 0 aliphatic carbocycles. The number of rotatable bonds is 5. The normalized spacial score (nSPS) is 11.1. The Hall–Kier alpha value is -3.60. The van der Waals surface area contributed by atoms with Gasteiger partial charge in [-0.3, -0.25) is 14.9 Å². The quantitative estimate of drug-likeness (QED) is 0.226. The fourth-order valence-corrected chi connectivity index (χ4v) is 3.55. The summed E-state index contributed by atoms with van der Waals surface area (Å²) in [5, 5.41) is 23.6. The van der Waals surface area contributed by atoms with E-state index in [0.717, 1.165) is 23.1 Å². The van der Waals surface area contributed by atoms with E-state index in [1.54, 1.807) is 6.07 Å². The van der Waals surface area contributed by atoms with Crippen LogP contribution in [0.1, 0.15) is 17.0 Å². The van der Waals surface area contributed by atoms with Crippen LogP contribution in [-0.2, 0) is 4.79 Å². The lowest BCUT2D eigenvalue weighted by molar-refractivity contribution is -0.384. The number of halogens is 2. The van der Waals surface area contributed by atoms with Gasteiger partial charge in [-0.2, -0.15) is 5.26 Å². The van der Waals surface area contributed by atoms with E-state index in [2.05, 4.69) is 5.32 Å². The molecule has 1 heterocycles. The summed E-state index contributed by atoms with van der Waals surface area (Å²) in [6, 6.07) is 15.0. The van der Waals surface area contributed by atoms with Gasteiger partial charge in [-0.15, -0.1) is 0 Å². The number of carbonyl (C=O) groups excluding carboxylic acids is 1. The lowest BCUT2D eigenvalue weighted by Crippen LogP contribution is -2.13. The number of nitro groups is 1. The monoisotopic (exact) mass is 454 g/mol. The van der Waals surface area contributed by atoms with Crippen molar-refractivity contribution in [1.29, 1.82) is 5.26 Å². The van der Waals surface area contributed by atoms with Gasteiger partial charge in [-0.1, -0.05) is 29.3 Å². The fraction of sp³-hybridized carbons (Fsp3) is 0.0909. The number of aryl methyl sites for hydroxylation is 1. The third kappa shape index (κ3) is 4.77. The summed E-state index contributed by atoms with van der Waals surface area (Å²) in [7, 11) is 0. The Morgan fingerprint density at radius 2 is 1.94 bits per heavy atom. The number of nitrogens with zero attached hydrogens (tertiary/aromatic N) is 3. The lowest BCUT2D eigenvalue weighted by Gasteiger charge is -2.10. The van der Waals surface area contributed by atoms with E-state index in [0.29, 0.717) is 10.6 Å². The van der Waals surface area contributed by atoms with E-state index in [-0.39, 0.29) is 22.0 Å². The second-order valence-electron chi connectivity index (χ2n) is 6.69. The van der Waals surface area contributed by atoms with Crippen LogP contribution >= 0.6 is 23.2 Å². The third-order valence-electron chi connectivity index (χ3n) is 4.60. The van der Waals surface area contributed by atoms with Gasteiger partial charge in [-0.25, -0.2) is 0 Å². The van der Waals surface area contributed by atoms with E-state index in [1.807, 2.05) is 48.7 Å². The zero-order chi connectivity index (χ0) is 22.7. The van der Waals surface area contributed by atoms with E-state index in [1.165, 1.54) is 18.2 Å². The van der Waals surface area contributed by atoms with Crippen LogP contribution in [0.4, 0.5) is 11.4 Å². The van der Waals surface area contributed by atoms with Gasteiger partial charge in [-0.05, 0) is 61.9 Å². The minimum atomic E-state index is -0.688. The minimum Gasteiger partial charge on any atom is -0.321 e. The van der Waals surface area contributed by atoms with Crippen molar-refractivity contribution in [2.45, 2.75) is 13.8 Å². The van der Waals surface area contributed by atoms with Crippen LogP contribution in [0.3, 0.4) is 0 Å². The van der Waals surface area contributed by atoms with Crippen LogP contribution in [0.2, 0.25) is 10.0 Å². The standard InChI is InChI=1S/C22H16Cl2N4O3/c1-13-8-15(14(2)27(13)19-5-3-4-17(23)10-19)9-16(12-25)22(29)26-18-6-7-20(24)21(11-18)28(30)31/h3-11H,1-2H3,(H,26,29)/b16-9+. The molecule has 0 unspecified atom stereocenters. The maximum Gasteiger partial charge on any atom is 0.289 e. The molecule has 0 bridgehead atoms. The van der Waals surface area contributed by atoms with Crippen molar-refractivity contribution in [1.82, 2.24) is 4.57 Å². The SMILES string of the molecule is Cc1cc(/C=C(\C#N)C(=O)Nc2ccc(Cl)c([N+](=O)[O-])c2)c(C)n1-c1cccc(Cl)c1. The summed E-state index contributed by atoms with van der Waals surface area (Å²) in [5.74, 6) is -0.688. The van der Waals surface area contributed by atoms with Gasteiger partial charge in [0, 0.05) is 33.9 Å². The number of benzene rings is 2. The Balaban J connectivity index is 1.93. The number of amides is 1. The van der Waals surface area contributed by atoms with Crippen LogP contribution in [0.25, 0.3) is 11.8 Å². The molecule has 1 aromatic heterocycles. The van der Waals surface area contributed by atoms with Gasteiger partial charge in [0.05, 0.1) is 4.92 Å². The highest BCUT2D eigenvalue weighted by atomic mass is 35.5. The Labute approximate surface area is 188 Å². The second kappa shape index (κ2) is 9.04. The molecule has 0 fully saturated rings. The zero-order valence-electron chi connectivity index (χ0n) is 16.5. The molecule has 9 heteroatoms. The van der Waals surface area contributed by atoms with Crippen molar-refractivity contribution in [3.05, 3.63) is 91.2 Å². The topological polar surface area (TPSA) is 101 Å². The molecule has 0 atom stereocenters. The molecule has 3 rings (SSSR count). The molecule has 7 nitrogen and oxygen atoms in total. The molecule has 1 amide bonds. The van der Waals surface area contributed by atoms with Crippen molar-refractivity contribution in [3.63, 3.8) is 0 Å². The summed E-state index contributed by atoms with van der Waals surface area (Å²) < 4.78 is 1.97. The summed E-state index contributed by atoms with van der Waals surface area (Å²) >= 11 is 11.9. The van der Waals surface area contributed by atoms with E-state index < -0.39 is 10.8 Å². The van der Waals surface area contributed by atoms with Gasteiger partial charge < -0.3 is 9.88 Å². The van der Waals surface area contributed by atoms with E-state index in [4.69, 9.17) is 23.2 Å². The van der Waals surface area contributed by atoms with Crippen LogP contribution in [-0.4, -0.2) is 15.4 Å². The highest BCUT2D eigenvalue weighted by Gasteiger charge is 2.17. The van der Waals surface area contributed by atoms with Crippen LogP contribution < -0.4 is 5.32 Å². The van der Waals surface area contributed by atoms with Crippen LogP contribution in [0.15, 0.2) is 54.1 Å². The highest BCUT2D eigenvalue weighted by Crippen LogP contribution is 2.28. The van der Waals surface area contributed by atoms with Crippen LogP contribution in [0.5, 0.6) is 0 Å². The summed E-state index contributed by atoms with van der Waals surface area (Å²) in [6.07, 6.45) is 1.48. The molecule has 2 aromatic carbocycles. The largest absolute Gasteiger partial charge is 0.321 e. The average Bonchev–Trinajstić information content (AvgIpc) is 3.00. The van der Waals surface area contributed by atoms with Crippen molar-refractivity contribution < 1.29 is 9.72 Å². The second-order valence-corrected chi connectivity index (χ2v) is 7.53. The predicted octanol–water partition coefficient (Wildman–Crippen LogP) is 5.85. The van der Waals surface area contributed by atoms with E-state index in [9.17, 15) is 20.2 Å². The first-order chi connectivity index (χ1) is 14.7. The molecule has 0 saturated heterocycles. The Kier molecular flexibility index (Phi) is 6.44. The number of nitro benzene ring substituents is 1. The number of anilines is 1. The number of aromatic nitrogens is 1. The maximum absolute atomic E-state index is 12.6. The molecule has 3 aromatic rings. The Bertz CT molecular complexity index is 1270. The van der Waals surface area contributed by atoms with Crippen molar-refractivity contribution in [2.24, 2.45) is 0 Å². The molecule has 156 valence electrons. The first-order valence-electron chi connectivity index (χ1n) is 9.03. The van der Waals surface area contributed by atoms with Crippen LogP contribution in [0, 0.1) is 35.3 Å². The molecular weight excluding hydrogens is 439 g/mol. The number of nitrogens with one attached hydrogen (secondary N) is 1. The zero-order valence-corrected chi connectivity index (χ0v) is 18.0. The first-order valence-corrected chi connectivity index (χ1v) is 9.79. The lowest BCUT2D eigenvalue weighted by atomic mass is 10.1. The number of carbonyl (C=O) groups is 1. The Morgan fingerprint density at radius 1 is 1.19 bits per heavy atom. The van der Waals surface area contributed by atoms with Gasteiger partial charge in [0.25, 0.3) is 11.6 Å². The molecule has 0 saturated carbocycles. The first kappa shape index (κ1) is 22.1. The summed E-state index contributed by atoms with van der Waals surface area (Å²) in [4.78, 5) is 23.0. The summed E-state index contributed by atoms with van der Waals surface area (Å²) in [6.45, 7) is 3.78. The van der Waals surface area contributed by atoms with Gasteiger partial charge in [0.1, 0.15) is 16.7 Å². The molecule has 0 radical (unpaired) electrons. The molecular formula is C22H16Cl2N4O3. The molecule has 0 spiro atoms. The van der Waals surface area contributed by atoms with Gasteiger partial charge in [0.2, 0.25) is 0 Å². The van der Waals surface area contributed by atoms with Crippen molar-refractivity contribution in [2.75, 3.05) is 5.32 Å². The van der Waals surface area contributed by atoms with Crippen molar-refractivity contribution in [3.8, 4) is 11.8 Å². The highest BCUT2D eigenvalue weighted by molar-refractivity contribution is 6.32. The van der Waals surface area contributed by atoms with Crippen molar-refractivity contribution >= 4 is 46.6 Å². The number of hydrogen-bond donors (Lipinski definition) is 1. The maximum atomic E-state index is 12.6. The summed E-state index contributed by atoms with van der Waals surface area (Å²) in [5.41, 5.74) is 2.94. The smallest absolute Gasteiger partial charge is 0.289 e. The Morgan fingerprint density at radius 3 is 2.58 bits per heavy atom. The molecule has 31 heavy (non-hydrogen) atoms. The minimum absolute atomic E-state index is 0.0486. The number of nitriles is 1.